The summed E-state index contributed by atoms with van der Waals surface area (Å²) in [5.74, 6) is 2.97. The van der Waals surface area contributed by atoms with Crippen LogP contribution in [0.1, 0.15) is 11.4 Å². The number of hydrogen-bond acceptors (Lipinski definition) is 6. The fourth-order valence-electron chi connectivity index (χ4n) is 10.2. The first kappa shape index (κ1) is 37.3. The van der Waals surface area contributed by atoms with Gasteiger partial charge in [-0.25, -0.2) is 19.9 Å². The van der Waals surface area contributed by atoms with Crippen molar-refractivity contribution in [3.63, 3.8) is 0 Å². The smallest absolute Gasteiger partial charge is 0.163 e. The van der Waals surface area contributed by atoms with Crippen molar-refractivity contribution in [1.29, 1.82) is 0 Å². The van der Waals surface area contributed by atoms with Gasteiger partial charge in [-0.3, -0.25) is 4.57 Å². The number of aryl methyl sites for hydroxylation is 2. The summed E-state index contributed by atoms with van der Waals surface area (Å²) in [6, 6.07) is 67.1. The Morgan fingerprint density at radius 2 is 0.864 bits per heavy atom. The number of rotatable bonds is 7. The van der Waals surface area contributed by atoms with Crippen molar-refractivity contribution >= 4 is 107 Å². The molecule has 14 rings (SSSR count). The van der Waals surface area contributed by atoms with Crippen LogP contribution in [0.25, 0.3) is 118 Å². The molecule has 66 heavy (non-hydrogen) atoms. The monoisotopic (exact) mass is 880 g/mol. The fourth-order valence-corrected chi connectivity index (χ4v) is 12.6. The van der Waals surface area contributed by atoms with E-state index in [-0.39, 0.29) is 0 Å². The zero-order valence-corrected chi connectivity index (χ0v) is 37.0. The molecule has 0 saturated carbocycles. The molecule has 6 aromatic heterocycles. The average Bonchev–Trinajstić information content (AvgIpc) is 4.14. The summed E-state index contributed by atoms with van der Waals surface area (Å²) in [5.41, 5.74) is 8.70. The lowest BCUT2D eigenvalue weighted by atomic mass is 10.1. The van der Waals surface area contributed by atoms with Crippen LogP contribution in [-0.4, -0.2) is 29.1 Å². The van der Waals surface area contributed by atoms with E-state index >= 15 is 0 Å². The third-order valence-corrected chi connectivity index (χ3v) is 15.5. The topological polar surface area (TPSA) is 61.4 Å². The van der Waals surface area contributed by atoms with Crippen LogP contribution in [0, 0.1) is 0 Å². The lowest BCUT2D eigenvalue weighted by molar-refractivity contribution is 0.832. The second-order valence-corrected chi connectivity index (χ2v) is 19.0. The van der Waals surface area contributed by atoms with E-state index in [1.165, 1.54) is 72.9 Å². The van der Waals surface area contributed by atoms with Gasteiger partial charge in [-0.2, -0.15) is 0 Å². The molecule has 0 bridgehead atoms. The maximum absolute atomic E-state index is 5.61. The summed E-state index contributed by atoms with van der Waals surface area (Å²) >= 11 is 3.72. The van der Waals surface area contributed by atoms with Crippen molar-refractivity contribution in [2.45, 2.75) is 12.8 Å². The van der Waals surface area contributed by atoms with Crippen LogP contribution in [0.4, 0.5) is 0 Å². The Hall–Kier alpha value is -8.04. The molecule has 0 radical (unpaired) electrons. The molecule has 0 spiro atoms. The lowest BCUT2D eigenvalue weighted by Gasteiger charge is -2.16. The molecule has 0 atom stereocenters. The Balaban J connectivity index is 1.03. The molecule has 0 aliphatic rings. The minimum atomic E-state index is 0.573. The molecule has 0 amide bonds. The molecular weight excluding hydrogens is 845 g/mol. The highest BCUT2D eigenvalue weighted by atomic mass is 32.1. The summed E-state index contributed by atoms with van der Waals surface area (Å²) in [6.07, 6.45) is 3.30. The van der Waals surface area contributed by atoms with Gasteiger partial charge in [-0.1, -0.05) is 158 Å². The normalized spacial score (nSPS) is 12.1. The first-order valence-corrected chi connectivity index (χ1v) is 23.9. The zero-order valence-electron chi connectivity index (χ0n) is 35.4. The summed E-state index contributed by atoms with van der Waals surface area (Å²) in [5, 5.41) is 9.96. The number of para-hydroxylation sites is 2. The minimum Gasteiger partial charge on any atom is -0.306 e. The van der Waals surface area contributed by atoms with Gasteiger partial charge in [0.15, 0.2) is 11.6 Å². The molecular formula is C58H36N6S2. The first-order valence-electron chi connectivity index (χ1n) is 22.3. The zero-order chi connectivity index (χ0) is 43.3. The highest BCUT2D eigenvalue weighted by Gasteiger charge is 2.23. The van der Waals surface area contributed by atoms with Crippen LogP contribution in [0.3, 0.4) is 0 Å². The van der Waals surface area contributed by atoms with E-state index in [0.29, 0.717) is 24.5 Å². The highest BCUT2D eigenvalue weighted by molar-refractivity contribution is 7.27. The third-order valence-electron chi connectivity index (χ3n) is 13.1. The number of benzene rings is 8. The Kier molecular flexibility index (Phi) is 8.35. The summed E-state index contributed by atoms with van der Waals surface area (Å²) < 4.78 is 9.97. The Morgan fingerprint density at radius 3 is 1.44 bits per heavy atom. The van der Waals surface area contributed by atoms with Gasteiger partial charge in [0.1, 0.15) is 11.6 Å². The predicted octanol–water partition coefficient (Wildman–Crippen LogP) is 15.3. The molecule has 0 saturated heterocycles. The van der Waals surface area contributed by atoms with Gasteiger partial charge in [-0.15, -0.1) is 22.7 Å². The molecule has 8 aromatic carbocycles. The number of hydrogen-bond donors (Lipinski definition) is 0. The standard InChI is InChI=1S/C58H36N6S2/c1-3-15-35(16-4-1)56-60-51(61-57(62-56)36-17-5-2-6-18-36)32-27-37-33-38(63-47-23-11-7-19-39(47)43-28-30-45-41-21-9-13-25-49(41)65-54(45)52(43)63)34-59-58(37)64-48-24-12-8-20-40(48)44-29-31-46-42-22-10-14-26-50(42)66-55(46)53(44)64/h1-26,28-31,33-34H,27,32H2. The molecule has 8 heteroatoms. The van der Waals surface area contributed by atoms with Gasteiger partial charge in [0.2, 0.25) is 0 Å². The maximum atomic E-state index is 5.61. The molecule has 310 valence electrons. The van der Waals surface area contributed by atoms with Crippen molar-refractivity contribution < 1.29 is 0 Å². The highest BCUT2D eigenvalue weighted by Crippen LogP contribution is 2.45. The van der Waals surface area contributed by atoms with Crippen molar-refractivity contribution in [1.82, 2.24) is 29.1 Å². The third kappa shape index (κ3) is 5.72. The molecule has 0 aliphatic heterocycles. The molecule has 0 fully saturated rings. The number of fused-ring (bicyclic) bond motifs is 14. The van der Waals surface area contributed by atoms with Gasteiger partial charge in [0.05, 0.1) is 43.4 Å². The molecule has 6 nitrogen and oxygen atoms in total. The second kappa shape index (κ2) is 14.8. The van der Waals surface area contributed by atoms with Gasteiger partial charge in [0.25, 0.3) is 0 Å². The first-order chi connectivity index (χ1) is 32.7. The van der Waals surface area contributed by atoms with Gasteiger partial charge in [-0.05, 0) is 42.3 Å². The van der Waals surface area contributed by atoms with Crippen molar-refractivity contribution in [3.05, 3.63) is 206 Å². The largest absolute Gasteiger partial charge is 0.306 e. The predicted molar refractivity (Wildman–Crippen MR) is 277 cm³/mol. The van der Waals surface area contributed by atoms with Crippen LogP contribution in [0.5, 0.6) is 0 Å². The van der Waals surface area contributed by atoms with E-state index in [0.717, 1.165) is 45.1 Å². The van der Waals surface area contributed by atoms with E-state index < -0.39 is 0 Å². The Morgan fingerprint density at radius 1 is 0.394 bits per heavy atom. The van der Waals surface area contributed by atoms with Gasteiger partial charge >= 0.3 is 0 Å². The van der Waals surface area contributed by atoms with Crippen LogP contribution in [0.15, 0.2) is 194 Å². The molecule has 0 unspecified atom stereocenters. The van der Waals surface area contributed by atoms with Crippen molar-refractivity contribution in [3.8, 4) is 34.3 Å². The van der Waals surface area contributed by atoms with Gasteiger partial charge < -0.3 is 4.57 Å². The average molecular weight is 881 g/mol. The van der Waals surface area contributed by atoms with E-state index in [9.17, 15) is 0 Å². The second-order valence-electron chi connectivity index (χ2n) is 16.9. The summed E-state index contributed by atoms with van der Waals surface area (Å²) in [4.78, 5) is 20.9. The summed E-state index contributed by atoms with van der Waals surface area (Å²) in [7, 11) is 0. The van der Waals surface area contributed by atoms with Crippen LogP contribution < -0.4 is 0 Å². The van der Waals surface area contributed by atoms with Crippen LogP contribution >= 0.6 is 22.7 Å². The van der Waals surface area contributed by atoms with Crippen molar-refractivity contribution in [2.24, 2.45) is 0 Å². The molecule has 6 heterocycles. The lowest BCUT2D eigenvalue weighted by Crippen LogP contribution is -2.09. The van der Waals surface area contributed by atoms with Crippen LogP contribution in [-0.2, 0) is 12.8 Å². The van der Waals surface area contributed by atoms with Crippen LogP contribution in [0.2, 0.25) is 0 Å². The number of aromatic nitrogens is 6. The minimum absolute atomic E-state index is 0.573. The number of pyridine rings is 1. The molecule has 14 aromatic rings. The number of thiophene rings is 2. The Labute approximate surface area is 386 Å². The molecule has 0 N–H and O–H groups in total. The maximum Gasteiger partial charge on any atom is 0.163 e. The summed E-state index contributed by atoms with van der Waals surface area (Å²) in [6.45, 7) is 0. The van der Waals surface area contributed by atoms with Gasteiger partial charge in [0, 0.05) is 70.0 Å². The SMILES string of the molecule is c1ccc(-c2nc(CCc3cc(-n4c5ccccc5c5ccc6c7ccccc7sc6c54)cnc3-n3c4ccccc4c4ccc5c6ccccc6sc5c43)nc(-c3ccccc3)n2)cc1. The van der Waals surface area contributed by atoms with E-state index in [4.69, 9.17) is 19.9 Å². The fraction of sp³-hybridized carbons (Fsp3) is 0.0345. The van der Waals surface area contributed by atoms with E-state index in [1.54, 1.807) is 0 Å². The van der Waals surface area contributed by atoms with Crippen molar-refractivity contribution in [2.75, 3.05) is 0 Å². The quantitative estimate of drug-likeness (QED) is 0.160. The van der Waals surface area contributed by atoms with E-state index in [2.05, 4.69) is 167 Å². The Bertz CT molecular complexity index is 4180. The molecule has 0 aliphatic carbocycles. The number of nitrogens with zero attached hydrogens (tertiary/aromatic N) is 6. The van der Waals surface area contributed by atoms with E-state index in [1.807, 2.05) is 59.1 Å².